The molecule has 6 nitrogen and oxygen atoms in total. The summed E-state index contributed by atoms with van der Waals surface area (Å²) < 4.78 is 0. The largest absolute Gasteiger partial charge is 0.384 e. The fourth-order valence-electron chi connectivity index (χ4n) is 1.92. The van der Waals surface area contributed by atoms with Crippen LogP contribution in [0.4, 0.5) is 0 Å². The normalized spacial score (nSPS) is 10.7. The van der Waals surface area contributed by atoms with Crippen molar-refractivity contribution in [2.45, 2.75) is 10.1 Å². The van der Waals surface area contributed by atoms with Crippen molar-refractivity contribution in [1.82, 2.24) is 15.0 Å². The van der Waals surface area contributed by atoms with E-state index in [1.807, 2.05) is 24.3 Å². The monoisotopic (exact) mass is 297 g/mol. The number of pyridine rings is 1. The quantitative estimate of drug-likeness (QED) is 0.388. The molecule has 0 saturated carbocycles. The smallest absolute Gasteiger partial charge is 0.251 e. The van der Waals surface area contributed by atoms with Crippen LogP contribution in [-0.4, -0.2) is 20.8 Å². The van der Waals surface area contributed by atoms with Crippen molar-refractivity contribution in [3.05, 3.63) is 58.6 Å². The van der Waals surface area contributed by atoms with Gasteiger partial charge in [-0.25, -0.2) is 4.98 Å². The number of benzene rings is 1. The van der Waals surface area contributed by atoms with E-state index in [1.165, 1.54) is 24.0 Å². The summed E-state index contributed by atoms with van der Waals surface area (Å²) in [6, 6.07) is 8.91. The second kappa shape index (κ2) is 5.37. The number of fused-ring (bicyclic) bond motifs is 1. The maximum Gasteiger partial charge on any atom is 0.251 e. The number of para-hydroxylation sites is 1. The van der Waals surface area contributed by atoms with Crippen LogP contribution in [0.2, 0.25) is 0 Å². The van der Waals surface area contributed by atoms with Crippen molar-refractivity contribution in [3.8, 4) is 0 Å². The van der Waals surface area contributed by atoms with Crippen molar-refractivity contribution in [2.24, 2.45) is 5.73 Å². The number of amidine groups is 1. The molecule has 3 rings (SSSR count). The molecule has 0 radical (unpaired) electrons. The Labute approximate surface area is 124 Å². The number of nitrogens with two attached hydrogens (primary N) is 1. The molecule has 0 unspecified atom stereocenters. The van der Waals surface area contributed by atoms with Crippen LogP contribution in [0.15, 0.2) is 57.6 Å². The lowest BCUT2D eigenvalue weighted by Crippen LogP contribution is -2.13. The molecule has 0 fully saturated rings. The molecular formula is C14H11N5OS. The van der Waals surface area contributed by atoms with Crippen LogP contribution >= 0.6 is 11.8 Å². The first-order chi connectivity index (χ1) is 10.1. The summed E-state index contributed by atoms with van der Waals surface area (Å²) in [6.07, 6.45) is 3.01. The molecule has 0 atom stereocenters. The van der Waals surface area contributed by atoms with E-state index < -0.39 is 0 Å². The molecular weight excluding hydrogens is 286 g/mol. The minimum Gasteiger partial charge on any atom is -0.384 e. The van der Waals surface area contributed by atoms with Gasteiger partial charge in [-0.15, -0.1) is 0 Å². The highest BCUT2D eigenvalue weighted by molar-refractivity contribution is 7.99. The third kappa shape index (κ3) is 2.63. The molecule has 0 saturated heterocycles. The van der Waals surface area contributed by atoms with Gasteiger partial charge in [0.05, 0.1) is 5.52 Å². The summed E-state index contributed by atoms with van der Waals surface area (Å²) in [5.41, 5.74) is 6.71. The van der Waals surface area contributed by atoms with Gasteiger partial charge in [0.25, 0.3) is 5.56 Å². The third-order valence-corrected chi connectivity index (χ3v) is 3.91. The van der Waals surface area contributed by atoms with Crippen LogP contribution in [-0.2, 0) is 0 Å². The number of nitrogens with one attached hydrogen (secondary N) is 2. The molecule has 0 aliphatic carbocycles. The lowest BCUT2D eigenvalue weighted by atomic mass is 10.1. The van der Waals surface area contributed by atoms with E-state index in [4.69, 9.17) is 11.1 Å². The van der Waals surface area contributed by atoms with E-state index >= 15 is 0 Å². The Hall–Kier alpha value is -2.67. The summed E-state index contributed by atoms with van der Waals surface area (Å²) in [4.78, 5) is 23.2. The SMILES string of the molecule is N=C(N)c1cnc2ccccc2c1Sc1nccc(=O)[nH]1. The molecule has 0 aliphatic heterocycles. The fraction of sp³-hybridized carbons (Fsp3) is 0. The lowest BCUT2D eigenvalue weighted by molar-refractivity contribution is 0.937. The van der Waals surface area contributed by atoms with E-state index in [0.717, 1.165) is 15.8 Å². The minimum atomic E-state index is -0.227. The number of hydrogen-bond donors (Lipinski definition) is 3. The van der Waals surface area contributed by atoms with Crippen LogP contribution in [0, 0.1) is 5.41 Å². The molecule has 3 aromatic rings. The number of aromatic nitrogens is 3. The summed E-state index contributed by atoms with van der Waals surface area (Å²) in [7, 11) is 0. The number of nitrogens with zero attached hydrogens (tertiary/aromatic N) is 2. The van der Waals surface area contributed by atoms with Crippen LogP contribution in [0.1, 0.15) is 5.56 Å². The molecule has 0 spiro atoms. The van der Waals surface area contributed by atoms with Gasteiger partial charge in [-0.3, -0.25) is 15.2 Å². The van der Waals surface area contributed by atoms with Gasteiger partial charge in [0.2, 0.25) is 0 Å². The first-order valence-corrected chi connectivity index (χ1v) is 6.92. The van der Waals surface area contributed by atoms with Crippen molar-refractivity contribution in [1.29, 1.82) is 5.41 Å². The Morgan fingerprint density at radius 1 is 1.24 bits per heavy atom. The number of H-pyrrole nitrogens is 1. The third-order valence-electron chi connectivity index (χ3n) is 2.86. The van der Waals surface area contributed by atoms with Crippen molar-refractivity contribution < 1.29 is 0 Å². The van der Waals surface area contributed by atoms with Gasteiger partial charge in [0.1, 0.15) is 5.84 Å². The van der Waals surface area contributed by atoms with E-state index in [1.54, 1.807) is 6.20 Å². The maximum atomic E-state index is 11.4. The summed E-state index contributed by atoms with van der Waals surface area (Å²) in [5.74, 6) is -0.0750. The average molecular weight is 297 g/mol. The first-order valence-electron chi connectivity index (χ1n) is 6.10. The molecule has 104 valence electrons. The average Bonchev–Trinajstić information content (AvgIpc) is 2.47. The van der Waals surface area contributed by atoms with Gasteiger partial charge < -0.3 is 10.7 Å². The second-order valence-corrected chi connectivity index (χ2v) is 5.27. The zero-order valence-corrected chi connectivity index (χ0v) is 11.6. The van der Waals surface area contributed by atoms with Gasteiger partial charge in [-0.05, 0) is 6.07 Å². The predicted molar refractivity (Wildman–Crippen MR) is 81.7 cm³/mol. The molecule has 7 heteroatoms. The van der Waals surface area contributed by atoms with Gasteiger partial charge in [0, 0.05) is 34.3 Å². The molecule has 0 amide bonds. The Morgan fingerprint density at radius 2 is 2.05 bits per heavy atom. The zero-order chi connectivity index (χ0) is 14.8. The Balaban J connectivity index is 2.21. The highest BCUT2D eigenvalue weighted by Crippen LogP contribution is 2.33. The van der Waals surface area contributed by atoms with Crippen LogP contribution < -0.4 is 11.3 Å². The van der Waals surface area contributed by atoms with Gasteiger partial charge in [-0.2, -0.15) is 0 Å². The van der Waals surface area contributed by atoms with E-state index in [0.29, 0.717) is 10.7 Å². The predicted octanol–water partition coefficient (Wildman–Crippen LogP) is 1.75. The van der Waals surface area contributed by atoms with Crippen molar-refractivity contribution in [2.75, 3.05) is 0 Å². The Bertz CT molecular complexity index is 890. The Kier molecular flexibility index (Phi) is 3.41. The first kappa shape index (κ1) is 13.3. The van der Waals surface area contributed by atoms with Crippen LogP contribution in [0.5, 0.6) is 0 Å². The lowest BCUT2D eigenvalue weighted by Gasteiger charge is -2.10. The Morgan fingerprint density at radius 3 is 2.81 bits per heavy atom. The minimum absolute atomic E-state index is 0.0750. The molecule has 21 heavy (non-hydrogen) atoms. The summed E-state index contributed by atoms with van der Waals surface area (Å²) >= 11 is 1.26. The maximum absolute atomic E-state index is 11.4. The molecule has 0 aliphatic rings. The molecule has 0 bridgehead atoms. The van der Waals surface area contributed by atoms with Gasteiger partial charge in [0.15, 0.2) is 5.16 Å². The number of aromatic amines is 1. The number of nitrogen functional groups attached to an aromatic ring is 1. The summed E-state index contributed by atoms with van der Waals surface area (Å²) in [5, 5.41) is 9.00. The molecule has 2 aromatic heterocycles. The molecule has 4 N–H and O–H groups in total. The van der Waals surface area contributed by atoms with Gasteiger partial charge >= 0.3 is 0 Å². The molecule has 2 heterocycles. The fourth-order valence-corrected chi connectivity index (χ4v) is 2.93. The standard InChI is InChI=1S/C14H11N5OS/c15-13(16)9-7-18-10-4-2-1-3-8(10)12(9)21-14-17-6-5-11(20)19-14/h1-7H,(H3,15,16)(H,17,19,20). The van der Waals surface area contributed by atoms with E-state index in [2.05, 4.69) is 15.0 Å². The highest BCUT2D eigenvalue weighted by atomic mass is 32.2. The second-order valence-electron chi connectivity index (χ2n) is 4.27. The van der Waals surface area contributed by atoms with Crippen molar-refractivity contribution >= 4 is 28.5 Å². The van der Waals surface area contributed by atoms with E-state index in [9.17, 15) is 4.79 Å². The zero-order valence-electron chi connectivity index (χ0n) is 10.8. The number of rotatable bonds is 3. The number of hydrogen-bond acceptors (Lipinski definition) is 5. The van der Waals surface area contributed by atoms with Gasteiger partial charge in [-0.1, -0.05) is 30.0 Å². The van der Waals surface area contributed by atoms with E-state index in [-0.39, 0.29) is 11.4 Å². The summed E-state index contributed by atoms with van der Waals surface area (Å²) in [6.45, 7) is 0. The van der Waals surface area contributed by atoms with Crippen LogP contribution in [0.3, 0.4) is 0 Å². The van der Waals surface area contributed by atoms with Crippen molar-refractivity contribution in [3.63, 3.8) is 0 Å². The highest BCUT2D eigenvalue weighted by Gasteiger charge is 2.13. The topological polar surface area (TPSA) is 109 Å². The molecule has 1 aromatic carbocycles. The van der Waals surface area contributed by atoms with Crippen LogP contribution in [0.25, 0.3) is 10.9 Å².